The summed E-state index contributed by atoms with van der Waals surface area (Å²) in [6.45, 7) is 2.35. The van der Waals surface area contributed by atoms with Crippen molar-refractivity contribution in [2.75, 3.05) is 20.2 Å². The number of hydrogen-bond donors (Lipinski definition) is 2. The van der Waals surface area contributed by atoms with E-state index in [9.17, 15) is 19.5 Å². The summed E-state index contributed by atoms with van der Waals surface area (Å²) in [7, 11) is 1.47. The number of nitrogens with one attached hydrogen (secondary N) is 1. The molecule has 0 spiro atoms. The molecular formula is C18H23NO5. The molecule has 130 valence electrons. The summed E-state index contributed by atoms with van der Waals surface area (Å²) in [5, 5.41) is 12.9. The van der Waals surface area contributed by atoms with Gasteiger partial charge in [-0.15, -0.1) is 0 Å². The van der Waals surface area contributed by atoms with E-state index in [0.29, 0.717) is 25.1 Å². The van der Waals surface area contributed by atoms with E-state index in [4.69, 9.17) is 4.74 Å². The second-order valence-electron chi connectivity index (χ2n) is 6.32. The molecule has 24 heavy (non-hydrogen) atoms. The minimum Gasteiger partial charge on any atom is -0.504 e. The first-order valence-corrected chi connectivity index (χ1v) is 8.01. The number of benzene rings is 1. The largest absolute Gasteiger partial charge is 0.504 e. The van der Waals surface area contributed by atoms with E-state index >= 15 is 0 Å². The van der Waals surface area contributed by atoms with Crippen LogP contribution < -0.4 is 10.1 Å². The monoisotopic (exact) mass is 333 g/mol. The summed E-state index contributed by atoms with van der Waals surface area (Å²) in [5.74, 6) is -0.268. The molecule has 0 radical (unpaired) electrons. The zero-order valence-corrected chi connectivity index (χ0v) is 14.1. The lowest BCUT2D eigenvalue weighted by atomic mass is 9.66. The van der Waals surface area contributed by atoms with Crippen molar-refractivity contribution >= 4 is 17.3 Å². The molecule has 1 aliphatic rings. The van der Waals surface area contributed by atoms with E-state index in [-0.39, 0.29) is 42.5 Å². The van der Waals surface area contributed by atoms with Gasteiger partial charge in [0.2, 0.25) is 0 Å². The number of carbonyl (C=O) groups excluding carboxylic acids is 3. The summed E-state index contributed by atoms with van der Waals surface area (Å²) >= 11 is 0. The van der Waals surface area contributed by atoms with Crippen LogP contribution >= 0.6 is 0 Å². The van der Waals surface area contributed by atoms with E-state index in [2.05, 4.69) is 5.32 Å². The zero-order valence-electron chi connectivity index (χ0n) is 14.1. The van der Waals surface area contributed by atoms with Crippen LogP contribution in [0.1, 0.15) is 38.2 Å². The summed E-state index contributed by atoms with van der Waals surface area (Å²) < 4.78 is 5.16. The standard InChI is InChI=1S/C18H23NO5/c1-12(20)11-19-8-7-18(6-5-14(21)16(23)10-18)13-3-4-15(22)17(9-13)24-2/h3-4,9,19,22H,5-8,10-11H2,1-2H3. The smallest absolute Gasteiger partial charge is 0.199 e. The number of phenolic OH excluding ortho intramolecular Hbond substituents is 1. The van der Waals surface area contributed by atoms with Crippen molar-refractivity contribution in [3.63, 3.8) is 0 Å². The Bertz CT molecular complexity index is 655. The lowest BCUT2D eigenvalue weighted by Crippen LogP contribution is -2.40. The molecule has 2 rings (SSSR count). The number of hydrogen-bond acceptors (Lipinski definition) is 6. The van der Waals surface area contributed by atoms with Gasteiger partial charge in [-0.05, 0) is 44.0 Å². The molecule has 1 atom stereocenters. The minimum absolute atomic E-state index is 0.0318. The molecule has 0 heterocycles. The van der Waals surface area contributed by atoms with E-state index in [1.807, 2.05) is 0 Å². The van der Waals surface area contributed by atoms with Gasteiger partial charge in [-0.2, -0.15) is 0 Å². The Hall–Kier alpha value is -2.21. The van der Waals surface area contributed by atoms with Crippen molar-refractivity contribution in [3.05, 3.63) is 23.8 Å². The van der Waals surface area contributed by atoms with Crippen LogP contribution in [0.25, 0.3) is 0 Å². The number of ether oxygens (including phenoxy) is 1. The molecule has 1 aromatic rings. The number of carbonyl (C=O) groups is 3. The van der Waals surface area contributed by atoms with Crippen LogP contribution in [0.3, 0.4) is 0 Å². The van der Waals surface area contributed by atoms with Crippen molar-refractivity contribution in [1.82, 2.24) is 5.32 Å². The van der Waals surface area contributed by atoms with Crippen LogP contribution in [0.15, 0.2) is 18.2 Å². The van der Waals surface area contributed by atoms with Gasteiger partial charge in [0, 0.05) is 18.3 Å². The maximum atomic E-state index is 12.0. The van der Waals surface area contributed by atoms with Crippen LogP contribution in [-0.4, -0.2) is 42.7 Å². The van der Waals surface area contributed by atoms with Gasteiger partial charge in [0.15, 0.2) is 23.1 Å². The minimum atomic E-state index is -0.490. The highest BCUT2D eigenvalue weighted by atomic mass is 16.5. The maximum Gasteiger partial charge on any atom is 0.199 e. The molecule has 0 aromatic heterocycles. The Morgan fingerprint density at radius 2 is 2.08 bits per heavy atom. The highest BCUT2D eigenvalue weighted by Gasteiger charge is 2.40. The third-order valence-corrected chi connectivity index (χ3v) is 4.59. The molecule has 0 bridgehead atoms. The Morgan fingerprint density at radius 1 is 1.33 bits per heavy atom. The molecule has 0 amide bonds. The fourth-order valence-corrected chi connectivity index (χ4v) is 3.19. The van der Waals surface area contributed by atoms with Crippen LogP contribution in [-0.2, 0) is 19.8 Å². The van der Waals surface area contributed by atoms with Crippen LogP contribution in [0, 0.1) is 0 Å². The van der Waals surface area contributed by atoms with Crippen molar-refractivity contribution in [1.29, 1.82) is 0 Å². The van der Waals surface area contributed by atoms with E-state index in [1.54, 1.807) is 18.2 Å². The predicted octanol–water partition coefficient (Wildman–Crippen LogP) is 1.53. The zero-order chi connectivity index (χ0) is 17.7. The van der Waals surface area contributed by atoms with Gasteiger partial charge < -0.3 is 15.2 Å². The van der Waals surface area contributed by atoms with Gasteiger partial charge >= 0.3 is 0 Å². The first-order valence-electron chi connectivity index (χ1n) is 8.01. The average molecular weight is 333 g/mol. The molecule has 2 N–H and O–H groups in total. The number of ketones is 3. The van der Waals surface area contributed by atoms with Crippen LogP contribution in [0.5, 0.6) is 11.5 Å². The van der Waals surface area contributed by atoms with Crippen molar-refractivity contribution in [3.8, 4) is 11.5 Å². The van der Waals surface area contributed by atoms with E-state index in [0.717, 1.165) is 5.56 Å². The van der Waals surface area contributed by atoms with Gasteiger partial charge in [0.25, 0.3) is 0 Å². The quantitative estimate of drug-likeness (QED) is 0.581. The Labute approximate surface area is 141 Å². The first kappa shape index (κ1) is 18.1. The molecular weight excluding hydrogens is 310 g/mol. The molecule has 1 fully saturated rings. The molecule has 1 unspecified atom stereocenters. The third kappa shape index (κ3) is 4.00. The number of phenols is 1. The molecule has 1 aromatic carbocycles. The average Bonchev–Trinajstić information content (AvgIpc) is 2.55. The van der Waals surface area contributed by atoms with E-state index in [1.165, 1.54) is 14.0 Å². The fraction of sp³-hybridized carbons (Fsp3) is 0.500. The van der Waals surface area contributed by atoms with Crippen molar-refractivity contribution < 1.29 is 24.2 Å². The fourth-order valence-electron chi connectivity index (χ4n) is 3.19. The van der Waals surface area contributed by atoms with Gasteiger partial charge in [0.05, 0.1) is 13.7 Å². The van der Waals surface area contributed by atoms with Crippen molar-refractivity contribution in [2.24, 2.45) is 0 Å². The van der Waals surface area contributed by atoms with Crippen LogP contribution in [0.4, 0.5) is 0 Å². The number of aromatic hydroxyl groups is 1. The highest BCUT2D eigenvalue weighted by Crippen LogP contribution is 2.42. The van der Waals surface area contributed by atoms with Gasteiger partial charge in [-0.3, -0.25) is 14.4 Å². The molecule has 0 aliphatic heterocycles. The third-order valence-electron chi connectivity index (χ3n) is 4.59. The molecule has 1 aliphatic carbocycles. The summed E-state index contributed by atoms with van der Waals surface area (Å²) in [6, 6.07) is 5.04. The van der Waals surface area contributed by atoms with Crippen molar-refractivity contribution in [2.45, 2.75) is 38.0 Å². The SMILES string of the molecule is COc1cc(C2(CCNCC(C)=O)CCC(=O)C(=O)C2)ccc1O. The van der Waals surface area contributed by atoms with E-state index < -0.39 is 5.41 Å². The van der Waals surface area contributed by atoms with Gasteiger partial charge in [-0.25, -0.2) is 0 Å². The Morgan fingerprint density at radius 3 is 2.71 bits per heavy atom. The topological polar surface area (TPSA) is 92.7 Å². The summed E-state index contributed by atoms with van der Waals surface area (Å²) in [4.78, 5) is 34.7. The predicted molar refractivity (Wildman–Crippen MR) is 88.4 cm³/mol. The second-order valence-corrected chi connectivity index (χ2v) is 6.32. The normalized spacial score (nSPS) is 20.9. The molecule has 6 nitrogen and oxygen atoms in total. The highest BCUT2D eigenvalue weighted by molar-refractivity contribution is 6.38. The number of Topliss-reactive ketones (excluding diaryl/α,β-unsaturated/α-hetero) is 3. The summed E-state index contributed by atoms with van der Waals surface area (Å²) in [5.41, 5.74) is 0.373. The first-order chi connectivity index (χ1) is 11.4. The summed E-state index contributed by atoms with van der Waals surface area (Å²) in [6.07, 6.45) is 1.54. The number of methoxy groups -OCH3 is 1. The van der Waals surface area contributed by atoms with Gasteiger partial charge in [-0.1, -0.05) is 6.07 Å². The number of rotatable bonds is 7. The molecule has 1 saturated carbocycles. The van der Waals surface area contributed by atoms with Crippen LogP contribution in [0.2, 0.25) is 0 Å². The second kappa shape index (κ2) is 7.57. The van der Waals surface area contributed by atoms with Gasteiger partial charge in [0.1, 0.15) is 5.78 Å². The Balaban J connectivity index is 2.27. The molecule has 0 saturated heterocycles. The Kier molecular flexibility index (Phi) is 5.72. The molecule has 6 heteroatoms. The lowest BCUT2D eigenvalue weighted by molar-refractivity contribution is -0.139. The lowest BCUT2D eigenvalue weighted by Gasteiger charge is -2.37. The maximum absolute atomic E-state index is 12.0.